The Hall–Kier alpha value is -1.36. The largest absolute Gasteiger partial charge is 0.481 e. The number of ether oxygens (including phenoxy) is 1. The quantitative estimate of drug-likeness (QED) is 0.875. The number of carboxylic acids is 1. The number of methoxy groups -OCH3 is 1. The fourth-order valence-electron chi connectivity index (χ4n) is 2.82. The van der Waals surface area contributed by atoms with Crippen molar-refractivity contribution in [2.75, 3.05) is 13.7 Å². The van der Waals surface area contributed by atoms with Gasteiger partial charge in [-0.25, -0.2) is 4.98 Å². The van der Waals surface area contributed by atoms with Gasteiger partial charge in [-0.2, -0.15) is 0 Å². The summed E-state index contributed by atoms with van der Waals surface area (Å²) in [6.45, 7) is 2.85. The second kappa shape index (κ2) is 5.74. The van der Waals surface area contributed by atoms with Crippen molar-refractivity contribution >= 4 is 5.97 Å². The minimum absolute atomic E-state index is 0.272. The predicted molar refractivity (Wildman–Crippen MR) is 71.1 cm³/mol. The number of imidazole rings is 1. The maximum absolute atomic E-state index is 11.1. The zero-order valence-corrected chi connectivity index (χ0v) is 11.8. The summed E-state index contributed by atoms with van der Waals surface area (Å²) in [4.78, 5) is 15.7. The molecule has 0 saturated heterocycles. The van der Waals surface area contributed by atoms with E-state index in [1.165, 1.54) is 5.69 Å². The Morgan fingerprint density at radius 3 is 3.00 bits per heavy atom. The normalized spacial score (nSPS) is 20.1. The molecular formula is C14H22N2O3. The van der Waals surface area contributed by atoms with E-state index in [1.54, 1.807) is 7.11 Å². The SMILES string of the molecule is COCC(C)Cc1nc2c(n1C)CCC(C(=O)O)C2. The van der Waals surface area contributed by atoms with Crippen LogP contribution >= 0.6 is 0 Å². The first-order valence-electron chi connectivity index (χ1n) is 6.78. The Morgan fingerprint density at radius 1 is 1.63 bits per heavy atom. The first kappa shape index (κ1) is 14.1. The Bertz CT molecular complexity index is 468. The first-order valence-corrected chi connectivity index (χ1v) is 6.78. The number of hydrogen-bond donors (Lipinski definition) is 1. The van der Waals surface area contributed by atoms with Gasteiger partial charge in [0.05, 0.1) is 11.6 Å². The van der Waals surface area contributed by atoms with E-state index in [4.69, 9.17) is 9.84 Å². The second-order valence-corrected chi connectivity index (χ2v) is 5.52. The van der Waals surface area contributed by atoms with Gasteiger partial charge in [-0.3, -0.25) is 4.79 Å². The van der Waals surface area contributed by atoms with Crippen molar-refractivity contribution in [3.63, 3.8) is 0 Å². The summed E-state index contributed by atoms with van der Waals surface area (Å²) in [5.41, 5.74) is 2.18. The molecule has 0 aromatic carbocycles. The van der Waals surface area contributed by atoms with Crippen molar-refractivity contribution in [1.82, 2.24) is 9.55 Å². The van der Waals surface area contributed by atoms with Crippen molar-refractivity contribution < 1.29 is 14.6 Å². The highest BCUT2D eigenvalue weighted by atomic mass is 16.5. The van der Waals surface area contributed by atoms with Crippen LogP contribution in [0.4, 0.5) is 0 Å². The summed E-state index contributed by atoms with van der Waals surface area (Å²) < 4.78 is 7.29. The van der Waals surface area contributed by atoms with E-state index >= 15 is 0 Å². The van der Waals surface area contributed by atoms with Gasteiger partial charge >= 0.3 is 5.97 Å². The van der Waals surface area contributed by atoms with Crippen LogP contribution in [0.5, 0.6) is 0 Å². The lowest BCUT2D eigenvalue weighted by molar-refractivity contribution is -0.142. The minimum atomic E-state index is -0.703. The molecule has 2 rings (SSSR count). The molecule has 0 saturated carbocycles. The minimum Gasteiger partial charge on any atom is -0.481 e. The topological polar surface area (TPSA) is 64.4 Å². The molecule has 0 fully saturated rings. The van der Waals surface area contributed by atoms with Gasteiger partial charge in [0.2, 0.25) is 0 Å². The number of aliphatic carboxylic acids is 1. The Labute approximate surface area is 113 Å². The van der Waals surface area contributed by atoms with E-state index in [2.05, 4.69) is 16.5 Å². The van der Waals surface area contributed by atoms with Gasteiger partial charge in [0.1, 0.15) is 5.82 Å². The van der Waals surface area contributed by atoms with Crippen molar-refractivity contribution in [2.45, 2.75) is 32.6 Å². The van der Waals surface area contributed by atoms with E-state index in [0.29, 0.717) is 12.3 Å². The van der Waals surface area contributed by atoms with E-state index in [9.17, 15) is 4.79 Å². The lowest BCUT2D eigenvalue weighted by Gasteiger charge is -2.18. The highest BCUT2D eigenvalue weighted by Gasteiger charge is 2.28. The zero-order chi connectivity index (χ0) is 14.0. The van der Waals surface area contributed by atoms with Crippen LogP contribution in [-0.4, -0.2) is 34.3 Å². The molecule has 0 radical (unpaired) electrons. The molecule has 5 nitrogen and oxygen atoms in total. The Balaban J connectivity index is 2.14. The van der Waals surface area contributed by atoms with Crippen LogP contribution < -0.4 is 0 Å². The van der Waals surface area contributed by atoms with Crippen LogP contribution in [0.3, 0.4) is 0 Å². The van der Waals surface area contributed by atoms with Gasteiger partial charge in [-0.05, 0) is 18.8 Å². The summed E-state index contributed by atoms with van der Waals surface area (Å²) in [6.07, 6.45) is 2.97. The molecule has 19 heavy (non-hydrogen) atoms. The summed E-state index contributed by atoms with van der Waals surface area (Å²) >= 11 is 0. The number of nitrogens with zero attached hydrogens (tertiary/aromatic N) is 2. The van der Waals surface area contributed by atoms with Gasteiger partial charge in [0.15, 0.2) is 0 Å². The number of carbonyl (C=O) groups is 1. The van der Waals surface area contributed by atoms with Crippen LogP contribution in [0.15, 0.2) is 0 Å². The van der Waals surface area contributed by atoms with Gasteiger partial charge in [0, 0.05) is 39.3 Å². The highest BCUT2D eigenvalue weighted by Crippen LogP contribution is 2.26. The number of fused-ring (bicyclic) bond motifs is 1. The zero-order valence-electron chi connectivity index (χ0n) is 11.8. The fraction of sp³-hybridized carbons (Fsp3) is 0.714. The molecule has 2 unspecified atom stereocenters. The molecule has 1 aromatic heterocycles. The maximum Gasteiger partial charge on any atom is 0.306 e. The van der Waals surface area contributed by atoms with Crippen molar-refractivity contribution in [1.29, 1.82) is 0 Å². The molecule has 0 spiro atoms. The van der Waals surface area contributed by atoms with Crippen LogP contribution in [0, 0.1) is 11.8 Å². The number of hydrogen-bond acceptors (Lipinski definition) is 3. The molecule has 1 aromatic rings. The van der Waals surface area contributed by atoms with Crippen molar-refractivity contribution in [2.24, 2.45) is 18.9 Å². The molecular weight excluding hydrogens is 244 g/mol. The van der Waals surface area contributed by atoms with Crippen LogP contribution in [0.25, 0.3) is 0 Å². The third kappa shape index (κ3) is 2.97. The summed E-state index contributed by atoms with van der Waals surface area (Å²) in [5.74, 6) is 0.487. The molecule has 1 aliphatic carbocycles. The standard InChI is InChI=1S/C14H22N2O3/c1-9(8-19-3)6-13-15-11-7-10(14(17)18)4-5-12(11)16(13)2/h9-10H,4-8H2,1-3H3,(H,17,18). The number of rotatable bonds is 5. The molecule has 1 aliphatic rings. The van der Waals surface area contributed by atoms with Gasteiger partial charge < -0.3 is 14.4 Å². The van der Waals surface area contributed by atoms with Crippen molar-refractivity contribution in [3.05, 3.63) is 17.2 Å². The first-order chi connectivity index (χ1) is 9.02. The van der Waals surface area contributed by atoms with Crippen molar-refractivity contribution in [3.8, 4) is 0 Å². The molecule has 0 aliphatic heterocycles. The third-order valence-electron chi connectivity index (χ3n) is 3.89. The van der Waals surface area contributed by atoms with Crippen LogP contribution in [-0.2, 0) is 35.8 Å². The molecule has 1 heterocycles. The summed E-state index contributed by atoms with van der Waals surface area (Å²) in [7, 11) is 3.74. The van der Waals surface area contributed by atoms with E-state index in [1.807, 2.05) is 7.05 Å². The van der Waals surface area contributed by atoms with Gasteiger partial charge in [0.25, 0.3) is 0 Å². The smallest absolute Gasteiger partial charge is 0.306 e. The highest BCUT2D eigenvalue weighted by molar-refractivity contribution is 5.70. The lowest BCUT2D eigenvalue weighted by atomic mass is 9.90. The maximum atomic E-state index is 11.1. The number of carboxylic acid groups (broad SMARTS) is 1. The molecule has 106 valence electrons. The number of aromatic nitrogens is 2. The molecule has 0 amide bonds. The average Bonchev–Trinajstić information content (AvgIpc) is 2.66. The van der Waals surface area contributed by atoms with Crippen LogP contribution in [0.1, 0.15) is 30.6 Å². The molecule has 5 heteroatoms. The van der Waals surface area contributed by atoms with E-state index in [-0.39, 0.29) is 5.92 Å². The second-order valence-electron chi connectivity index (χ2n) is 5.52. The molecule has 1 N–H and O–H groups in total. The fourth-order valence-corrected chi connectivity index (χ4v) is 2.82. The monoisotopic (exact) mass is 266 g/mol. The Morgan fingerprint density at radius 2 is 2.37 bits per heavy atom. The predicted octanol–water partition coefficient (Wildman–Crippen LogP) is 1.43. The Kier molecular flexibility index (Phi) is 4.24. The summed E-state index contributed by atoms with van der Waals surface area (Å²) in [5, 5.41) is 9.10. The van der Waals surface area contributed by atoms with E-state index < -0.39 is 5.97 Å². The third-order valence-corrected chi connectivity index (χ3v) is 3.89. The molecule has 2 atom stereocenters. The van der Waals surface area contributed by atoms with Gasteiger partial charge in [-0.15, -0.1) is 0 Å². The van der Waals surface area contributed by atoms with Crippen LogP contribution in [0.2, 0.25) is 0 Å². The van der Waals surface area contributed by atoms with E-state index in [0.717, 1.165) is 37.4 Å². The van der Waals surface area contributed by atoms with Gasteiger partial charge in [-0.1, -0.05) is 6.92 Å². The lowest BCUT2D eigenvalue weighted by Crippen LogP contribution is -2.22. The average molecular weight is 266 g/mol. The summed E-state index contributed by atoms with van der Waals surface area (Å²) in [6, 6.07) is 0. The molecule has 0 bridgehead atoms.